The fourth-order valence-corrected chi connectivity index (χ4v) is 2.58. The highest BCUT2D eigenvalue weighted by Crippen LogP contribution is 2.18. The SMILES string of the molecule is Cc1nn(C)c(C)c1C(=O)N1CC(C)OC(C)C1. The summed E-state index contributed by atoms with van der Waals surface area (Å²) in [5, 5.41) is 4.30. The van der Waals surface area contributed by atoms with Gasteiger partial charge in [0, 0.05) is 25.8 Å². The summed E-state index contributed by atoms with van der Waals surface area (Å²) >= 11 is 0. The molecule has 0 aliphatic carbocycles. The first-order chi connectivity index (χ1) is 8.40. The molecule has 0 spiro atoms. The van der Waals surface area contributed by atoms with E-state index in [4.69, 9.17) is 4.74 Å². The van der Waals surface area contributed by atoms with Crippen LogP contribution in [0.3, 0.4) is 0 Å². The van der Waals surface area contributed by atoms with Crippen molar-refractivity contribution in [2.45, 2.75) is 39.9 Å². The quantitative estimate of drug-likeness (QED) is 0.755. The van der Waals surface area contributed by atoms with Gasteiger partial charge >= 0.3 is 0 Å². The third-order valence-electron chi connectivity index (χ3n) is 3.43. The largest absolute Gasteiger partial charge is 0.372 e. The molecule has 2 rings (SSSR count). The van der Waals surface area contributed by atoms with Crippen LogP contribution in [0.25, 0.3) is 0 Å². The van der Waals surface area contributed by atoms with Crippen molar-refractivity contribution in [2.75, 3.05) is 13.1 Å². The second-order valence-electron chi connectivity index (χ2n) is 5.14. The first kappa shape index (κ1) is 13.1. The number of carbonyl (C=O) groups excluding carboxylic acids is 1. The summed E-state index contributed by atoms with van der Waals surface area (Å²) < 4.78 is 7.41. The highest BCUT2D eigenvalue weighted by atomic mass is 16.5. The first-order valence-electron chi connectivity index (χ1n) is 6.35. The minimum atomic E-state index is 0.0695. The molecule has 100 valence electrons. The van der Waals surface area contributed by atoms with E-state index in [1.807, 2.05) is 39.6 Å². The Morgan fingerprint density at radius 2 is 1.83 bits per heavy atom. The van der Waals surface area contributed by atoms with Crippen molar-refractivity contribution in [3.05, 3.63) is 17.0 Å². The van der Waals surface area contributed by atoms with E-state index in [-0.39, 0.29) is 18.1 Å². The van der Waals surface area contributed by atoms with Crippen molar-refractivity contribution < 1.29 is 9.53 Å². The number of rotatable bonds is 1. The molecule has 2 atom stereocenters. The lowest BCUT2D eigenvalue weighted by atomic mass is 10.1. The van der Waals surface area contributed by atoms with Crippen LogP contribution in [-0.2, 0) is 11.8 Å². The number of hydrogen-bond donors (Lipinski definition) is 0. The van der Waals surface area contributed by atoms with Gasteiger partial charge in [-0.25, -0.2) is 0 Å². The summed E-state index contributed by atoms with van der Waals surface area (Å²) in [7, 11) is 1.86. The van der Waals surface area contributed by atoms with Crippen molar-refractivity contribution in [2.24, 2.45) is 7.05 Å². The minimum absolute atomic E-state index is 0.0695. The fourth-order valence-electron chi connectivity index (χ4n) is 2.58. The van der Waals surface area contributed by atoms with Gasteiger partial charge in [-0.05, 0) is 27.7 Å². The maximum atomic E-state index is 12.6. The lowest BCUT2D eigenvalue weighted by Crippen LogP contribution is -2.48. The molecule has 0 bridgehead atoms. The maximum Gasteiger partial charge on any atom is 0.257 e. The standard InChI is InChI=1S/C13H21N3O2/c1-8-6-16(7-9(2)18-8)13(17)12-10(3)14-15(5)11(12)4/h8-9H,6-7H2,1-5H3. The molecule has 0 aromatic carbocycles. The second-order valence-corrected chi connectivity index (χ2v) is 5.14. The summed E-state index contributed by atoms with van der Waals surface area (Å²) in [5.41, 5.74) is 2.45. The Kier molecular flexibility index (Phi) is 3.43. The molecule has 2 heterocycles. The van der Waals surface area contributed by atoms with E-state index in [0.717, 1.165) is 17.0 Å². The van der Waals surface area contributed by atoms with Crippen molar-refractivity contribution in [1.29, 1.82) is 0 Å². The Bertz CT molecular complexity index is 457. The highest BCUT2D eigenvalue weighted by Gasteiger charge is 2.29. The van der Waals surface area contributed by atoms with E-state index in [1.165, 1.54) is 0 Å². The molecule has 1 aliphatic heterocycles. The van der Waals surface area contributed by atoms with Gasteiger partial charge in [0.05, 0.1) is 23.5 Å². The molecule has 1 aromatic heterocycles. The summed E-state index contributed by atoms with van der Waals surface area (Å²) in [6.45, 7) is 9.11. The summed E-state index contributed by atoms with van der Waals surface area (Å²) in [4.78, 5) is 14.4. The average Bonchev–Trinajstić information content (AvgIpc) is 2.51. The van der Waals surface area contributed by atoms with Crippen LogP contribution in [-0.4, -0.2) is 45.9 Å². The van der Waals surface area contributed by atoms with Crippen LogP contribution < -0.4 is 0 Å². The van der Waals surface area contributed by atoms with Crippen molar-refractivity contribution in [3.8, 4) is 0 Å². The van der Waals surface area contributed by atoms with E-state index >= 15 is 0 Å². The lowest BCUT2D eigenvalue weighted by molar-refractivity contribution is -0.0586. The van der Waals surface area contributed by atoms with Gasteiger partial charge < -0.3 is 9.64 Å². The Balaban J connectivity index is 2.25. The zero-order valence-electron chi connectivity index (χ0n) is 11.7. The predicted octanol–water partition coefficient (Wildman–Crippen LogP) is 1.29. The molecule has 5 nitrogen and oxygen atoms in total. The molecule has 2 unspecified atom stereocenters. The number of carbonyl (C=O) groups is 1. The molecule has 1 saturated heterocycles. The third-order valence-corrected chi connectivity index (χ3v) is 3.43. The zero-order chi connectivity index (χ0) is 13.4. The van der Waals surface area contributed by atoms with Gasteiger partial charge in [0.25, 0.3) is 5.91 Å². The topological polar surface area (TPSA) is 47.4 Å². The number of aryl methyl sites for hydroxylation is 2. The van der Waals surface area contributed by atoms with Crippen molar-refractivity contribution in [3.63, 3.8) is 0 Å². The highest BCUT2D eigenvalue weighted by molar-refractivity contribution is 5.96. The van der Waals surface area contributed by atoms with Gasteiger partial charge in [-0.3, -0.25) is 9.48 Å². The molecule has 0 radical (unpaired) electrons. The summed E-state index contributed by atoms with van der Waals surface area (Å²) in [5.74, 6) is 0.0695. The number of morpholine rings is 1. The predicted molar refractivity (Wildman–Crippen MR) is 68.6 cm³/mol. The fraction of sp³-hybridized carbons (Fsp3) is 0.692. The maximum absolute atomic E-state index is 12.6. The van der Waals surface area contributed by atoms with Gasteiger partial charge in [0.1, 0.15) is 0 Å². The molecule has 1 amide bonds. The van der Waals surface area contributed by atoms with E-state index in [0.29, 0.717) is 13.1 Å². The summed E-state index contributed by atoms with van der Waals surface area (Å²) in [6.07, 6.45) is 0.185. The van der Waals surface area contributed by atoms with Gasteiger partial charge in [-0.2, -0.15) is 5.10 Å². The monoisotopic (exact) mass is 251 g/mol. The molecule has 1 aliphatic rings. The van der Waals surface area contributed by atoms with Crippen LogP contribution in [0.1, 0.15) is 35.6 Å². The molecule has 0 N–H and O–H groups in total. The zero-order valence-corrected chi connectivity index (χ0v) is 11.7. The number of aromatic nitrogens is 2. The van der Waals surface area contributed by atoms with Gasteiger partial charge in [0.15, 0.2) is 0 Å². The Labute approximate surface area is 108 Å². The number of amides is 1. The summed E-state index contributed by atoms with van der Waals surface area (Å²) in [6, 6.07) is 0. The van der Waals surface area contributed by atoms with Crippen LogP contribution >= 0.6 is 0 Å². The first-order valence-corrected chi connectivity index (χ1v) is 6.35. The number of hydrogen-bond acceptors (Lipinski definition) is 3. The average molecular weight is 251 g/mol. The Hall–Kier alpha value is -1.36. The number of ether oxygens (including phenoxy) is 1. The van der Waals surface area contributed by atoms with Crippen LogP contribution in [0.5, 0.6) is 0 Å². The van der Waals surface area contributed by atoms with E-state index in [1.54, 1.807) is 4.68 Å². The molecule has 1 aromatic rings. The van der Waals surface area contributed by atoms with Crippen LogP contribution in [0, 0.1) is 13.8 Å². The molecule has 0 saturated carbocycles. The van der Waals surface area contributed by atoms with Gasteiger partial charge in [-0.15, -0.1) is 0 Å². The van der Waals surface area contributed by atoms with Crippen molar-refractivity contribution in [1.82, 2.24) is 14.7 Å². The normalized spacial score (nSPS) is 24.4. The lowest BCUT2D eigenvalue weighted by Gasteiger charge is -2.35. The van der Waals surface area contributed by atoms with E-state index < -0.39 is 0 Å². The van der Waals surface area contributed by atoms with Crippen molar-refractivity contribution >= 4 is 5.91 Å². The van der Waals surface area contributed by atoms with Gasteiger partial charge in [-0.1, -0.05) is 0 Å². The van der Waals surface area contributed by atoms with Crippen LogP contribution in [0.15, 0.2) is 0 Å². The molecular weight excluding hydrogens is 230 g/mol. The second kappa shape index (κ2) is 4.72. The molecule has 18 heavy (non-hydrogen) atoms. The third kappa shape index (κ3) is 2.27. The smallest absolute Gasteiger partial charge is 0.257 e. The van der Waals surface area contributed by atoms with Gasteiger partial charge in [0.2, 0.25) is 0 Å². The Morgan fingerprint density at radius 1 is 1.28 bits per heavy atom. The van der Waals surface area contributed by atoms with E-state index in [2.05, 4.69) is 5.10 Å². The number of nitrogens with zero attached hydrogens (tertiary/aromatic N) is 3. The minimum Gasteiger partial charge on any atom is -0.372 e. The van der Waals surface area contributed by atoms with E-state index in [9.17, 15) is 4.79 Å². The molecular formula is C13H21N3O2. The van der Waals surface area contributed by atoms with Crippen LogP contribution in [0.2, 0.25) is 0 Å². The molecule has 1 fully saturated rings. The van der Waals surface area contributed by atoms with Crippen LogP contribution in [0.4, 0.5) is 0 Å². The molecule has 5 heteroatoms. The Morgan fingerprint density at radius 3 is 2.28 bits per heavy atom.